The van der Waals surface area contributed by atoms with Crippen molar-refractivity contribution in [1.29, 1.82) is 0 Å². The lowest BCUT2D eigenvalue weighted by Crippen LogP contribution is -2.24. The predicted octanol–water partition coefficient (Wildman–Crippen LogP) is 0.796. The van der Waals surface area contributed by atoms with Gasteiger partial charge in [0.2, 0.25) is 5.95 Å². The van der Waals surface area contributed by atoms with Crippen molar-refractivity contribution in [3.8, 4) is 0 Å². The number of halogens is 1. The third-order valence-electron chi connectivity index (χ3n) is 2.47. The molecule has 0 bridgehead atoms. The molecule has 19 heavy (non-hydrogen) atoms. The highest BCUT2D eigenvalue weighted by atomic mass is 19.1. The Morgan fingerprint density at radius 2 is 2.26 bits per heavy atom. The van der Waals surface area contributed by atoms with Crippen LogP contribution in [0, 0.1) is 12.7 Å². The number of aromatic nitrogens is 2. The monoisotopic (exact) mass is 263 g/mol. The fraction of sp³-hybridized carbons (Fsp3) is 0.250. The van der Waals surface area contributed by atoms with E-state index in [2.05, 4.69) is 20.3 Å². The summed E-state index contributed by atoms with van der Waals surface area (Å²) in [7, 11) is 0. The number of nitrogens with one attached hydrogen (secondary N) is 1. The van der Waals surface area contributed by atoms with Crippen molar-refractivity contribution in [3.63, 3.8) is 0 Å². The summed E-state index contributed by atoms with van der Waals surface area (Å²) >= 11 is 0. The maximum atomic E-state index is 13.2. The van der Waals surface area contributed by atoms with Crippen LogP contribution in [0.5, 0.6) is 0 Å². The minimum atomic E-state index is -0.363. The molecule has 0 spiro atoms. The van der Waals surface area contributed by atoms with Gasteiger partial charge < -0.3 is 10.8 Å². The normalized spacial score (nSPS) is 11.8. The van der Waals surface area contributed by atoms with E-state index in [4.69, 9.17) is 10.8 Å². The Morgan fingerprint density at radius 1 is 1.47 bits per heavy atom. The van der Waals surface area contributed by atoms with Gasteiger partial charge in [0, 0.05) is 11.5 Å². The molecule has 0 amide bonds. The highest BCUT2D eigenvalue weighted by molar-refractivity contribution is 5.92. The lowest BCUT2D eigenvalue weighted by atomic mass is 10.2. The number of aliphatic imine (C=N–C) groups is 1. The molecule has 4 N–H and O–H groups in total. The zero-order chi connectivity index (χ0) is 13.8. The number of aliphatic hydroxyl groups excluding tert-OH is 1. The van der Waals surface area contributed by atoms with Crippen molar-refractivity contribution < 1.29 is 9.50 Å². The highest BCUT2D eigenvalue weighted by Gasteiger charge is 2.06. The van der Waals surface area contributed by atoms with Crippen LogP contribution in [0.4, 0.5) is 10.3 Å². The van der Waals surface area contributed by atoms with Crippen molar-refractivity contribution in [3.05, 3.63) is 29.7 Å². The topological polar surface area (TPSA) is 96.4 Å². The second-order valence-electron chi connectivity index (χ2n) is 3.91. The summed E-state index contributed by atoms with van der Waals surface area (Å²) in [5.41, 5.74) is 6.79. The quantitative estimate of drug-likeness (QED) is 0.562. The van der Waals surface area contributed by atoms with E-state index in [0.717, 1.165) is 5.39 Å². The largest absolute Gasteiger partial charge is 0.394 e. The SMILES string of the molecule is Cc1nc(NC(N)=NCCO)nc2cc(F)ccc12. The number of anilines is 1. The molecule has 0 radical (unpaired) electrons. The van der Waals surface area contributed by atoms with Gasteiger partial charge in [0.15, 0.2) is 5.96 Å². The number of hydrogen-bond acceptors (Lipinski definition) is 4. The molecule has 0 aliphatic carbocycles. The third kappa shape index (κ3) is 3.14. The van der Waals surface area contributed by atoms with Crippen LogP contribution in [0.15, 0.2) is 23.2 Å². The number of aryl methyl sites for hydroxylation is 1. The first-order valence-electron chi connectivity index (χ1n) is 5.72. The Bertz CT molecular complexity index is 629. The molecule has 2 rings (SSSR count). The third-order valence-corrected chi connectivity index (χ3v) is 2.47. The first-order valence-corrected chi connectivity index (χ1v) is 5.72. The Labute approximate surface area is 109 Å². The molecule has 1 aromatic heterocycles. The summed E-state index contributed by atoms with van der Waals surface area (Å²) in [5.74, 6) is -0.0162. The van der Waals surface area contributed by atoms with Crippen LogP contribution < -0.4 is 11.1 Å². The summed E-state index contributed by atoms with van der Waals surface area (Å²) < 4.78 is 13.2. The minimum absolute atomic E-state index is 0.0921. The number of rotatable bonds is 3. The number of nitrogens with two attached hydrogens (primary N) is 1. The van der Waals surface area contributed by atoms with Crippen LogP contribution in [0.3, 0.4) is 0 Å². The lowest BCUT2D eigenvalue weighted by molar-refractivity contribution is 0.307. The first-order chi connectivity index (χ1) is 9.10. The van der Waals surface area contributed by atoms with Gasteiger partial charge in [0.05, 0.1) is 24.4 Å². The minimum Gasteiger partial charge on any atom is -0.394 e. The van der Waals surface area contributed by atoms with E-state index in [9.17, 15) is 4.39 Å². The predicted molar refractivity (Wildman–Crippen MR) is 71.4 cm³/mol. The number of aliphatic hydroxyl groups is 1. The standard InChI is InChI=1S/C12H14FN5O/c1-7-9-3-2-8(13)6-10(9)17-12(16-7)18-11(14)15-4-5-19/h2-3,6,19H,4-5H2,1H3,(H3,14,15,16,17,18). The van der Waals surface area contributed by atoms with Crippen molar-refractivity contribution in [2.24, 2.45) is 10.7 Å². The van der Waals surface area contributed by atoms with Crippen molar-refractivity contribution >= 4 is 22.8 Å². The Balaban J connectivity index is 2.34. The number of fused-ring (bicyclic) bond motifs is 1. The molecule has 100 valence electrons. The maximum Gasteiger partial charge on any atom is 0.230 e. The molecular weight excluding hydrogens is 249 g/mol. The fourth-order valence-corrected chi connectivity index (χ4v) is 1.64. The fourth-order valence-electron chi connectivity index (χ4n) is 1.64. The molecule has 7 heteroatoms. The highest BCUT2D eigenvalue weighted by Crippen LogP contribution is 2.17. The van der Waals surface area contributed by atoms with E-state index in [0.29, 0.717) is 11.2 Å². The Kier molecular flexibility index (Phi) is 3.86. The second kappa shape index (κ2) is 5.57. The van der Waals surface area contributed by atoms with Gasteiger partial charge >= 0.3 is 0 Å². The number of guanidine groups is 1. The average Bonchev–Trinajstić information content (AvgIpc) is 2.35. The molecule has 6 nitrogen and oxygen atoms in total. The average molecular weight is 263 g/mol. The van der Waals surface area contributed by atoms with Crippen LogP contribution in [0.25, 0.3) is 10.9 Å². The second-order valence-corrected chi connectivity index (χ2v) is 3.91. The lowest BCUT2D eigenvalue weighted by Gasteiger charge is -2.07. The van der Waals surface area contributed by atoms with Gasteiger partial charge in [-0.25, -0.2) is 14.4 Å². The van der Waals surface area contributed by atoms with E-state index in [1.807, 2.05) is 0 Å². The zero-order valence-corrected chi connectivity index (χ0v) is 10.4. The summed E-state index contributed by atoms with van der Waals surface area (Å²) in [6.45, 7) is 1.90. The van der Waals surface area contributed by atoms with E-state index in [1.54, 1.807) is 13.0 Å². The summed E-state index contributed by atoms with van der Waals surface area (Å²) in [5, 5.41) is 12.1. The molecule has 0 unspecified atom stereocenters. The van der Waals surface area contributed by atoms with Crippen LogP contribution in [0.2, 0.25) is 0 Å². The van der Waals surface area contributed by atoms with Crippen molar-refractivity contribution in [1.82, 2.24) is 9.97 Å². The first kappa shape index (κ1) is 13.2. The van der Waals surface area contributed by atoms with Gasteiger partial charge in [0.25, 0.3) is 0 Å². The van der Waals surface area contributed by atoms with Crippen LogP contribution in [0.1, 0.15) is 5.69 Å². The van der Waals surface area contributed by atoms with Crippen LogP contribution >= 0.6 is 0 Å². The molecule has 0 saturated heterocycles. The van der Waals surface area contributed by atoms with E-state index in [-0.39, 0.29) is 30.9 Å². The Hall–Kier alpha value is -2.28. The maximum absolute atomic E-state index is 13.2. The van der Waals surface area contributed by atoms with E-state index in [1.165, 1.54) is 12.1 Å². The number of hydrogen-bond donors (Lipinski definition) is 3. The number of benzene rings is 1. The van der Waals surface area contributed by atoms with E-state index >= 15 is 0 Å². The summed E-state index contributed by atoms with van der Waals surface area (Å²) in [4.78, 5) is 12.2. The summed E-state index contributed by atoms with van der Waals surface area (Å²) in [6, 6.07) is 4.33. The van der Waals surface area contributed by atoms with Gasteiger partial charge in [-0.2, -0.15) is 0 Å². The van der Waals surface area contributed by atoms with Crippen molar-refractivity contribution in [2.45, 2.75) is 6.92 Å². The van der Waals surface area contributed by atoms with Crippen LogP contribution in [-0.4, -0.2) is 34.2 Å². The van der Waals surface area contributed by atoms with Gasteiger partial charge in [-0.3, -0.25) is 10.3 Å². The molecular formula is C12H14FN5O. The summed E-state index contributed by atoms with van der Waals surface area (Å²) in [6.07, 6.45) is 0. The smallest absolute Gasteiger partial charge is 0.230 e. The molecule has 0 aliphatic rings. The van der Waals surface area contributed by atoms with Crippen LogP contribution in [-0.2, 0) is 0 Å². The molecule has 1 heterocycles. The van der Waals surface area contributed by atoms with E-state index < -0.39 is 0 Å². The van der Waals surface area contributed by atoms with Gasteiger partial charge in [-0.1, -0.05) is 0 Å². The molecule has 2 aromatic rings. The zero-order valence-electron chi connectivity index (χ0n) is 10.4. The van der Waals surface area contributed by atoms with Gasteiger partial charge in [0.1, 0.15) is 5.82 Å². The Morgan fingerprint density at radius 3 is 3.00 bits per heavy atom. The molecule has 1 aromatic carbocycles. The van der Waals surface area contributed by atoms with Gasteiger partial charge in [-0.05, 0) is 19.1 Å². The van der Waals surface area contributed by atoms with Gasteiger partial charge in [-0.15, -0.1) is 0 Å². The molecule has 0 aliphatic heterocycles. The molecule has 0 fully saturated rings. The number of nitrogens with zero attached hydrogens (tertiary/aromatic N) is 3. The molecule has 0 saturated carbocycles. The molecule has 0 atom stereocenters. The van der Waals surface area contributed by atoms with Crippen molar-refractivity contribution in [2.75, 3.05) is 18.5 Å².